The van der Waals surface area contributed by atoms with Crippen molar-refractivity contribution in [1.82, 2.24) is 14.7 Å². The summed E-state index contributed by atoms with van der Waals surface area (Å²) in [5.41, 5.74) is 10.5. The van der Waals surface area contributed by atoms with Crippen LogP contribution in [0.2, 0.25) is 0 Å². The third-order valence-electron chi connectivity index (χ3n) is 9.48. The molecule has 8 nitrogen and oxygen atoms in total. The molecule has 298 valence electrons. The normalized spacial score (nSPS) is 12.1. The van der Waals surface area contributed by atoms with Crippen molar-refractivity contribution >= 4 is 45.2 Å². The molecular formula is C46H58N4O4S2. The van der Waals surface area contributed by atoms with Crippen LogP contribution in [-0.4, -0.2) is 61.9 Å². The maximum absolute atomic E-state index is 14.9. The van der Waals surface area contributed by atoms with E-state index < -0.39 is 12.1 Å². The quantitative estimate of drug-likeness (QED) is 0.0558. The van der Waals surface area contributed by atoms with Gasteiger partial charge in [-0.25, -0.2) is 0 Å². The first-order valence-corrected chi connectivity index (χ1v) is 22.4. The van der Waals surface area contributed by atoms with E-state index in [0.29, 0.717) is 39.0 Å². The number of carbonyl (C=O) groups is 4. The number of benzene rings is 4. The number of unbranched alkanes of at least 4 members (excludes halogenated alkanes) is 4. The van der Waals surface area contributed by atoms with Crippen LogP contribution < -0.4 is 5.73 Å². The van der Waals surface area contributed by atoms with E-state index in [0.717, 1.165) is 47.9 Å². The minimum Gasteiger partial charge on any atom is -0.333 e. The van der Waals surface area contributed by atoms with E-state index >= 15 is 0 Å². The minimum absolute atomic E-state index is 0.168. The highest BCUT2D eigenvalue weighted by atomic mass is 33.1. The van der Waals surface area contributed by atoms with Gasteiger partial charge in [0.1, 0.15) is 6.04 Å². The van der Waals surface area contributed by atoms with Gasteiger partial charge < -0.3 is 15.5 Å². The van der Waals surface area contributed by atoms with Gasteiger partial charge in [-0.1, -0.05) is 182 Å². The van der Waals surface area contributed by atoms with Crippen molar-refractivity contribution in [2.75, 3.05) is 11.5 Å². The zero-order valence-corrected chi connectivity index (χ0v) is 34.6. The fourth-order valence-corrected chi connectivity index (χ4v) is 8.73. The second kappa shape index (κ2) is 25.0. The van der Waals surface area contributed by atoms with Crippen LogP contribution in [0.3, 0.4) is 0 Å². The topological polar surface area (TPSA) is 104 Å². The number of nitrogens with zero attached hydrogens (tertiary/aromatic N) is 3. The Morgan fingerprint density at radius 2 is 0.839 bits per heavy atom. The lowest BCUT2D eigenvalue weighted by Crippen LogP contribution is -2.54. The molecule has 0 aromatic heterocycles. The third-order valence-corrected chi connectivity index (χ3v) is 11.9. The Hall–Kier alpha value is -4.38. The first-order chi connectivity index (χ1) is 27.3. The summed E-state index contributed by atoms with van der Waals surface area (Å²) in [6.45, 7) is 5.63. The van der Waals surface area contributed by atoms with Gasteiger partial charge in [0, 0.05) is 50.5 Å². The van der Waals surface area contributed by atoms with Gasteiger partial charge in [0.05, 0.1) is 6.04 Å². The van der Waals surface area contributed by atoms with Crippen LogP contribution in [0.25, 0.3) is 0 Å². The highest BCUT2D eigenvalue weighted by Crippen LogP contribution is 2.28. The lowest BCUT2D eigenvalue weighted by atomic mass is 10.1. The highest BCUT2D eigenvalue weighted by molar-refractivity contribution is 8.76. The molecule has 0 bridgehead atoms. The number of hydrogen-bond acceptors (Lipinski definition) is 7. The maximum atomic E-state index is 14.9. The van der Waals surface area contributed by atoms with E-state index in [1.54, 1.807) is 9.80 Å². The van der Waals surface area contributed by atoms with Crippen molar-refractivity contribution in [2.45, 2.75) is 103 Å². The summed E-state index contributed by atoms with van der Waals surface area (Å²) in [5, 5.41) is 0. The van der Waals surface area contributed by atoms with Crippen molar-refractivity contribution in [1.29, 1.82) is 0 Å². The Kier molecular flexibility index (Phi) is 19.8. The molecule has 0 fully saturated rings. The molecule has 0 saturated heterocycles. The van der Waals surface area contributed by atoms with Crippen LogP contribution >= 0.6 is 21.6 Å². The summed E-state index contributed by atoms with van der Waals surface area (Å²) in [4.78, 5) is 61.7. The molecule has 0 spiro atoms. The molecule has 0 radical (unpaired) electrons. The number of imide groups is 1. The van der Waals surface area contributed by atoms with Gasteiger partial charge >= 0.3 is 0 Å². The molecule has 4 aromatic carbocycles. The molecule has 0 aliphatic heterocycles. The second-order valence-corrected chi connectivity index (χ2v) is 16.6. The average molecular weight is 795 g/mol. The molecule has 4 rings (SSSR count). The van der Waals surface area contributed by atoms with E-state index in [1.165, 1.54) is 26.5 Å². The Balaban J connectivity index is 1.57. The zero-order valence-electron chi connectivity index (χ0n) is 33.0. The predicted molar refractivity (Wildman–Crippen MR) is 231 cm³/mol. The van der Waals surface area contributed by atoms with Gasteiger partial charge in [-0.15, -0.1) is 0 Å². The molecule has 56 heavy (non-hydrogen) atoms. The number of nitrogens with two attached hydrogens (primary N) is 1. The first-order valence-electron chi connectivity index (χ1n) is 19.9. The van der Waals surface area contributed by atoms with Crippen LogP contribution in [0.15, 0.2) is 121 Å². The van der Waals surface area contributed by atoms with E-state index in [-0.39, 0.29) is 48.0 Å². The molecular weight excluding hydrogens is 737 g/mol. The SMILES string of the molecule is CCCCCC(=O)N(C(=O)CCCCC)[C@@H](CSSCC(N)C(=O)N(Cc1ccccc1)Cc1ccccc1)C(=O)N(Cc1ccccc1)Cc1ccccc1. The summed E-state index contributed by atoms with van der Waals surface area (Å²) >= 11 is 0. The summed E-state index contributed by atoms with van der Waals surface area (Å²) in [6.07, 6.45) is 5.27. The lowest BCUT2D eigenvalue weighted by Gasteiger charge is -2.34. The van der Waals surface area contributed by atoms with E-state index in [4.69, 9.17) is 5.73 Å². The standard InChI is InChI=1S/C46H58N4O4S2/c1-3-5-11-29-43(51)50(44(52)30-12-6-4-2)42(46(54)49(33-39-25-17-9-18-26-39)34-40-27-19-10-20-28-40)36-56-55-35-41(47)45(53)48(31-37-21-13-7-14-22-37)32-38-23-15-8-16-24-38/h7-10,13-28,41-42H,3-6,11-12,29-36,47H2,1-2H3/t41?,42-/m0/s1. The van der Waals surface area contributed by atoms with Gasteiger partial charge in [0.2, 0.25) is 23.6 Å². The third kappa shape index (κ3) is 14.9. The average Bonchev–Trinajstić information content (AvgIpc) is 3.22. The van der Waals surface area contributed by atoms with Crippen LogP contribution in [0.4, 0.5) is 0 Å². The second-order valence-electron chi connectivity index (χ2n) is 14.1. The molecule has 4 aromatic rings. The first kappa shape index (κ1) is 44.3. The van der Waals surface area contributed by atoms with Crippen LogP contribution in [0, 0.1) is 0 Å². The van der Waals surface area contributed by atoms with Gasteiger partial charge in [0.25, 0.3) is 0 Å². The molecule has 0 aliphatic rings. The van der Waals surface area contributed by atoms with Crippen molar-refractivity contribution in [2.24, 2.45) is 5.73 Å². The number of rotatable bonds is 24. The highest BCUT2D eigenvalue weighted by Gasteiger charge is 2.37. The number of hydrogen-bond donors (Lipinski definition) is 1. The van der Waals surface area contributed by atoms with Gasteiger partial charge in [-0.05, 0) is 35.1 Å². The van der Waals surface area contributed by atoms with Crippen LogP contribution in [-0.2, 0) is 45.4 Å². The smallest absolute Gasteiger partial charge is 0.247 e. The van der Waals surface area contributed by atoms with Crippen molar-refractivity contribution in [3.63, 3.8) is 0 Å². The molecule has 4 amide bonds. The molecule has 2 atom stereocenters. The lowest BCUT2D eigenvalue weighted by molar-refractivity contribution is -0.155. The maximum Gasteiger partial charge on any atom is 0.247 e. The number of amides is 4. The molecule has 1 unspecified atom stereocenters. The Labute approximate surface area is 342 Å². The Morgan fingerprint density at radius 1 is 0.500 bits per heavy atom. The molecule has 0 saturated carbocycles. The zero-order chi connectivity index (χ0) is 40.0. The monoisotopic (exact) mass is 794 g/mol. The molecule has 0 heterocycles. The van der Waals surface area contributed by atoms with Crippen LogP contribution in [0.1, 0.15) is 87.5 Å². The van der Waals surface area contributed by atoms with Crippen molar-refractivity contribution < 1.29 is 19.2 Å². The summed E-state index contributed by atoms with van der Waals surface area (Å²) in [5.74, 6) is -0.622. The molecule has 10 heteroatoms. The van der Waals surface area contributed by atoms with Crippen molar-refractivity contribution in [3.05, 3.63) is 144 Å². The van der Waals surface area contributed by atoms with Gasteiger partial charge in [0.15, 0.2) is 0 Å². The fraction of sp³-hybridized carbons (Fsp3) is 0.391. The Morgan fingerprint density at radius 3 is 1.20 bits per heavy atom. The van der Waals surface area contributed by atoms with Gasteiger partial charge in [-0.2, -0.15) is 0 Å². The summed E-state index contributed by atoms with van der Waals surface area (Å²) < 4.78 is 0. The van der Waals surface area contributed by atoms with E-state index in [1.807, 2.05) is 121 Å². The molecule has 2 N–H and O–H groups in total. The van der Waals surface area contributed by atoms with Crippen molar-refractivity contribution in [3.8, 4) is 0 Å². The number of carbonyl (C=O) groups excluding carboxylic acids is 4. The Bertz CT molecular complexity index is 1640. The largest absolute Gasteiger partial charge is 0.333 e. The summed E-state index contributed by atoms with van der Waals surface area (Å²) in [7, 11) is 2.77. The predicted octanol–water partition coefficient (Wildman–Crippen LogP) is 9.04. The van der Waals surface area contributed by atoms with E-state index in [2.05, 4.69) is 13.8 Å². The van der Waals surface area contributed by atoms with E-state index in [9.17, 15) is 19.2 Å². The minimum atomic E-state index is -1.03. The fourth-order valence-electron chi connectivity index (χ4n) is 6.43. The van der Waals surface area contributed by atoms with Crippen LogP contribution in [0.5, 0.6) is 0 Å². The molecule has 0 aliphatic carbocycles. The summed E-state index contributed by atoms with van der Waals surface area (Å²) in [6, 6.07) is 37.4. The van der Waals surface area contributed by atoms with Gasteiger partial charge in [-0.3, -0.25) is 24.1 Å².